The molecule has 0 fully saturated rings. The predicted molar refractivity (Wildman–Crippen MR) is 71.3 cm³/mol. The lowest BCUT2D eigenvalue weighted by Crippen LogP contribution is -2.33. The highest BCUT2D eigenvalue weighted by Crippen LogP contribution is 2.20. The zero-order valence-corrected chi connectivity index (χ0v) is 12.3. The number of aryl methyl sites for hydroxylation is 1. The Morgan fingerprint density at radius 3 is 2.53 bits per heavy atom. The molecular weight excluding hydrogens is 258 g/mol. The predicted octanol–water partition coefficient (Wildman–Crippen LogP) is 1.73. The summed E-state index contributed by atoms with van der Waals surface area (Å²) >= 11 is 1.31. The molecule has 0 aliphatic rings. The first-order valence-electron chi connectivity index (χ1n) is 5.50. The van der Waals surface area contributed by atoms with Crippen LogP contribution < -0.4 is 5.32 Å². The van der Waals surface area contributed by atoms with Crippen LogP contribution in [0.25, 0.3) is 0 Å². The normalized spacial score (nSPS) is 12.7. The molecule has 0 bridgehead atoms. The second-order valence-corrected chi connectivity index (χ2v) is 7.77. The number of nitrogens with zero attached hydrogens (tertiary/aromatic N) is 2. The smallest absolute Gasteiger partial charge is 0.202 e. The SMILES string of the molecule is CCc1nsc(NC(C)(C)CCS(C)(=O)=O)n1. The second-order valence-electron chi connectivity index (χ2n) is 4.76. The summed E-state index contributed by atoms with van der Waals surface area (Å²) in [6, 6.07) is 0. The van der Waals surface area contributed by atoms with E-state index in [2.05, 4.69) is 14.7 Å². The summed E-state index contributed by atoms with van der Waals surface area (Å²) in [7, 11) is -2.92. The van der Waals surface area contributed by atoms with Crippen molar-refractivity contribution in [1.82, 2.24) is 9.36 Å². The molecular formula is C10H19N3O2S2. The molecule has 0 spiro atoms. The lowest BCUT2D eigenvalue weighted by atomic mass is 10.0. The number of hydrogen-bond acceptors (Lipinski definition) is 6. The van der Waals surface area contributed by atoms with Crippen LogP contribution in [0.3, 0.4) is 0 Å². The molecule has 5 nitrogen and oxygen atoms in total. The van der Waals surface area contributed by atoms with E-state index in [-0.39, 0.29) is 11.3 Å². The minimum atomic E-state index is -2.92. The van der Waals surface area contributed by atoms with E-state index in [4.69, 9.17) is 0 Å². The topological polar surface area (TPSA) is 72.0 Å². The monoisotopic (exact) mass is 277 g/mol. The Morgan fingerprint density at radius 2 is 2.06 bits per heavy atom. The summed E-state index contributed by atoms with van der Waals surface area (Å²) in [4.78, 5) is 4.31. The molecule has 1 rings (SSSR count). The van der Waals surface area contributed by atoms with Crippen molar-refractivity contribution < 1.29 is 8.42 Å². The van der Waals surface area contributed by atoms with Crippen molar-refractivity contribution >= 4 is 26.5 Å². The molecule has 7 heteroatoms. The van der Waals surface area contributed by atoms with Crippen molar-refractivity contribution in [3.8, 4) is 0 Å². The summed E-state index contributed by atoms with van der Waals surface area (Å²) in [6.07, 6.45) is 2.61. The number of hydrogen-bond donors (Lipinski definition) is 1. The Labute approximate surface area is 107 Å². The van der Waals surface area contributed by atoms with Gasteiger partial charge in [-0.15, -0.1) is 0 Å². The van der Waals surface area contributed by atoms with Gasteiger partial charge >= 0.3 is 0 Å². The molecule has 0 unspecified atom stereocenters. The van der Waals surface area contributed by atoms with Crippen LogP contribution in [0.1, 0.15) is 33.0 Å². The number of aromatic nitrogens is 2. The zero-order valence-electron chi connectivity index (χ0n) is 10.6. The highest BCUT2D eigenvalue weighted by molar-refractivity contribution is 7.90. The minimum Gasteiger partial charge on any atom is -0.355 e. The fourth-order valence-corrected chi connectivity index (χ4v) is 2.95. The maximum Gasteiger partial charge on any atom is 0.202 e. The van der Waals surface area contributed by atoms with Gasteiger partial charge in [-0.1, -0.05) is 6.92 Å². The standard InChI is InChI=1S/C10H19N3O2S2/c1-5-8-11-9(16-13-8)12-10(2,3)6-7-17(4,14)15/h5-7H2,1-4H3,(H,11,12,13). The van der Waals surface area contributed by atoms with Gasteiger partial charge in [-0.25, -0.2) is 13.4 Å². The van der Waals surface area contributed by atoms with Crippen molar-refractivity contribution in [2.45, 2.75) is 39.2 Å². The van der Waals surface area contributed by atoms with Gasteiger partial charge in [0.25, 0.3) is 0 Å². The van der Waals surface area contributed by atoms with E-state index >= 15 is 0 Å². The fourth-order valence-electron chi connectivity index (χ4n) is 1.24. The van der Waals surface area contributed by atoms with Crippen LogP contribution in [-0.2, 0) is 16.3 Å². The maximum absolute atomic E-state index is 11.1. The van der Waals surface area contributed by atoms with Crippen LogP contribution in [0.15, 0.2) is 0 Å². The summed E-state index contributed by atoms with van der Waals surface area (Å²) in [6.45, 7) is 5.93. The molecule has 0 aliphatic carbocycles. The molecule has 1 aromatic heterocycles. The van der Waals surface area contributed by atoms with E-state index < -0.39 is 9.84 Å². The van der Waals surface area contributed by atoms with Crippen LogP contribution in [0, 0.1) is 0 Å². The highest BCUT2D eigenvalue weighted by atomic mass is 32.2. The quantitative estimate of drug-likeness (QED) is 0.857. The molecule has 1 N–H and O–H groups in total. The average molecular weight is 277 g/mol. The van der Waals surface area contributed by atoms with Crippen LogP contribution >= 0.6 is 11.5 Å². The second kappa shape index (κ2) is 5.30. The molecule has 0 amide bonds. The minimum absolute atomic E-state index is 0.173. The number of anilines is 1. The maximum atomic E-state index is 11.1. The average Bonchev–Trinajstić information content (AvgIpc) is 2.61. The molecule has 1 aromatic rings. The molecule has 0 saturated carbocycles. The lowest BCUT2D eigenvalue weighted by molar-refractivity contribution is 0.535. The Hall–Kier alpha value is -0.690. The molecule has 17 heavy (non-hydrogen) atoms. The van der Waals surface area contributed by atoms with Gasteiger partial charge in [-0.2, -0.15) is 4.37 Å². The van der Waals surface area contributed by atoms with Crippen molar-refractivity contribution in [3.05, 3.63) is 5.82 Å². The largest absolute Gasteiger partial charge is 0.355 e. The van der Waals surface area contributed by atoms with Gasteiger partial charge in [-0.3, -0.25) is 0 Å². The third-order valence-corrected chi connectivity index (χ3v) is 3.94. The summed E-state index contributed by atoms with van der Waals surface area (Å²) in [5.41, 5.74) is -0.298. The van der Waals surface area contributed by atoms with Gasteiger partial charge in [0.2, 0.25) is 5.13 Å². The first-order valence-corrected chi connectivity index (χ1v) is 8.34. The van der Waals surface area contributed by atoms with E-state index in [1.165, 1.54) is 17.8 Å². The highest BCUT2D eigenvalue weighted by Gasteiger charge is 2.21. The van der Waals surface area contributed by atoms with Crippen LogP contribution in [-0.4, -0.2) is 35.3 Å². The van der Waals surface area contributed by atoms with E-state index in [1.54, 1.807) is 0 Å². The summed E-state index contributed by atoms with van der Waals surface area (Å²) < 4.78 is 26.4. The van der Waals surface area contributed by atoms with Gasteiger partial charge in [-0.05, 0) is 20.3 Å². The first kappa shape index (κ1) is 14.4. The summed E-state index contributed by atoms with van der Waals surface area (Å²) in [5.74, 6) is 0.989. The van der Waals surface area contributed by atoms with E-state index in [0.717, 1.165) is 17.4 Å². The van der Waals surface area contributed by atoms with E-state index in [9.17, 15) is 8.42 Å². The van der Waals surface area contributed by atoms with Gasteiger partial charge in [0, 0.05) is 29.7 Å². The molecule has 98 valence electrons. The Bertz CT molecular complexity index is 466. The van der Waals surface area contributed by atoms with Crippen molar-refractivity contribution in [1.29, 1.82) is 0 Å². The van der Waals surface area contributed by atoms with Gasteiger partial charge in [0.1, 0.15) is 15.7 Å². The summed E-state index contributed by atoms with van der Waals surface area (Å²) in [5, 5.41) is 3.98. The van der Waals surface area contributed by atoms with Crippen LogP contribution in [0.5, 0.6) is 0 Å². The third kappa shape index (κ3) is 5.45. The molecule has 0 atom stereocenters. The van der Waals surface area contributed by atoms with Gasteiger partial charge in [0.05, 0.1) is 5.75 Å². The van der Waals surface area contributed by atoms with E-state index in [0.29, 0.717) is 6.42 Å². The molecule has 1 heterocycles. The van der Waals surface area contributed by atoms with Gasteiger partial charge < -0.3 is 5.32 Å². The third-order valence-electron chi connectivity index (χ3n) is 2.33. The van der Waals surface area contributed by atoms with Crippen LogP contribution in [0.4, 0.5) is 5.13 Å². The lowest BCUT2D eigenvalue weighted by Gasteiger charge is -2.25. The molecule has 0 aliphatic heterocycles. The Kier molecular flexibility index (Phi) is 4.48. The molecule has 0 saturated heterocycles. The Morgan fingerprint density at radius 1 is 1.41 bits per heavy atom. The van der Waals surface area contributed by atoms with Gasteiger partial charge in [0.15, 0.2) is 0 Å². The zero-order chi connectivity index (χ0) is 13.1. The van der Waals surface area contributed by atoms with Crippen molar-refractivity contribution in [2.75, 3.05) is 17.3 Å². The number of rotatable bonds is 6. The van der Waals surface area contributed by atoms with Crippen molar-refractivity contribution in [2.24, 2.45) is 0 Å². The fraction of sp³-hybridized carbons (Fsp3) is 0.800. The van der Waals surface area contributed by atoms with Crippen molar-refractivity contribution in [3.63, 3.8) is 0 Å². The number of sulfone groups is 1. The molecule has 0 aromatic carbocycles. The van der Waals surface area contributed by atoms with Crippen LogP contribution in [0.2, 0.25) is 0 Å². The first-order chi connectivity index (χ1) is 7.72. The Balaban J connectivity index is 2.59. The number of nitrogens with one attached hydrogen (secondary N) is 1. The molecule has 0 radical (unpaired) electrons. The van der Waals surface area contributed by atoms with E-state index in [1.807, 2.05) is 20.8 Å².